The van der Waals surface area contributed by atoms with Gasteiger partial charge in [0.25, 0.3) is 0 Å². The van der Waals surface area contributed by atoms with Gasteiger partial charge in [0.05, 0.1) is 0 Å². The molecule has 0 amide bonds. The van der Waals surface area contributed by atoms with Gasteiger partial charge < -0.3 is 2.85 Å². The van der Waals surface area contributed by atoms with Crippen LogP contribution >= 0.6 is 0 Å². The van der Waals surface area contributed by atoms with Crippen molar-refractivity contribution < 1.29 is 2.85 Å². The molecule has 0 saturated heterocycles. The Labute approximate surface area is 65.8 Å². The van der Waals surface area contributed by atoms with E-state index in [1.165, 1.54) is 12.8 Å². The van der Waals surface area contributed by atoms with E-state index in [1.54, 1.807) is 0 Å². The van der Waals surface area contributed by atoms with Gasteiger partial charge in [-0.15, -0.1) is 0 Å². The molecular formula is C6H16Mg. The Kier molecular flexibility index (Phi) is 10.3. The van der Waals surface area contributed by atoms with Gasteiger partial charge in [-0.2, -0.15) is 0 Å². The third-order valence-corrected chi connectivity index (χ3v) is 0.866. The normalized spacial score (nSPS) is 8.57. The molecule has 0 N–H and O–H groups in total. The molecule has 1 heteroatoms. The van der Waals surface area contributed by atoms with E-state index in [-0.39, 0.29) is 25.9 Å². The predicted octanol–water partition coefficient (Wildman–Crippen LogP) is 2.29. The SMILES string of the molecule is CCCC(C)C.[H-].[H-].[Mg+2]. The molecule has 0 rings (SSSR count). The topological polar surface area (TPSA) is 0 Å². The Hall–Kier alpha value is 0.766. The van der Waals surface area contributed by atoms with E-state index >= 15 is 0 Å². The number of rotatable bonds is 2. The summed E-state index contributed by atoms with van der Waals surface area (Å²) in [7, 11) is 0. The van der Waals surface area contributed by atoms with Crippen LogP contribution in [-0.4, -0.2) is 23.1 Å². The number of hydrogen-bond acceptors (Lipinski definition) is 0. The summed E-state index contributed by atoms with van der Waals surface area (Å²) in [6, 6.07) is 0. The fraction of sp³-hybridized carbons (Fsp3) is 1.00. The molecule has 0 fully saturated rings. The van der Waals surface area contributed by atoms with Crippen LogP contribution in [0.4, 0.5) is 0 Å². The Morgan fingerprint density at radius 2 is 1.86 bits per heavy atom. The van der Waals surface area contributed by atoms with E-state index in [0.29, 0.717) is 0 Å². The van der Waals surface area contributed by atoms with Gasteiger partial charge in [0, 0.05) is 0 Å². The molecular weight excluding hydrogens is 96.4 g/mol. The molecule has 0 aromatic carbocycles. The molecule has 0 saturated carbocycles. The van der Waals surface area contributed by atoms with Gasteiger partial charge in [0.2, 0.25) is 0 Å². The largest absolute Gasteiger partial charge is 2.00 e. The minimum Gasteiger partial charge on any atom is -1.00 e. The average molecular weight is 112 g/mol. The molecule has 0 unspecified atom stereocenters. The summed E-state index contributed by atoms with van der Waals surface area (Å²) in [5, 5.41) is 0. The molecule has 7 heavy (non-hydrogen) atoms. The summed E-state index contributed by atoms with van der Waals surface area (Å²) >= 11 is 0. The zero-order chi connectivity index (χ0) is 4.99. The van der Waals surface area contributed by atoms with E-state index in [2.05, 4.69) is 20.8 Å². The number of hydrogen-bond donors (Lipinski definition) is 0. The Morgan fingerprint density at radius 1 is 1.43 bits per heavy atom. The van der Waals surface area contributed by atoms with Crippen molar-refractivity contribution in [1.29, 1.82) is 0 Å². The molecule has 0 aromatic heterocycles. The predicted molar refractivity (Wildman–Crippen MR) is 37.7 cm³/mol. The van der Waals surface area contributed by atoms with Gasteiger partial charge in [-0.3, -0.25) is 0 Å². The van der Waals surface area contributed by atoms with Crippen LogP contribution in [0.15, 0.2) is 0 Å². The van der Waals surface area contributed by atoms with Gasteiger partial charge in [0.1, 0.15) is 0 Å². The molecule has 0 aliphatic heterocycles. The molecule has 0 atom stereocenters. The quantitative estimate of drug-likeness (QED) is 0.481. The fourth-order valence-electron chi connectivity index (χ4n) is 0.577. The summed E-state index contributed by atoms with van der Waals surface area (Å²) < 4.78 is 0. The average Bonchev–Trinajstić information content (AvgIpc) is 1.35. The van der Waals surface area contributed by atoms with Gasteiger partial charge in [-0.1, -0.05) is 33.6 Å². The molecule has 0 radical (unpaired) electrons. The maximum absolute atomic E-state index is 2.25. The maximum atomic E-state index is 2.25. The second-order valence-electron chi connectivity index (χ2n) is 2.18. The molecule has 42 valence electrons. The summed E-state index contributed by atoms with van der Waals surface area (Å²) in [6.07, 6.45) is 2.71. The van der Waals surface area contributed by atoms with Crippen LogP contribution in [0.1, 0.15) is 36.5 Å². The second-order valence-corrected chi connectivity index (χ2v) is 2.18. The molecule has 0 aromatic rings. The first-order valence-corrected chi connectivity index (χ1v) is 2.77. The minimum atomic E-state index is 0. The van der Waals surface area contributed by atoms with Crippen LogP contribution in [0.3, 0.4) is 0 Å². The first kappa shape index (κ1) is 10.7. The smallest absolute Gasteiger partial charge is 1.00 e. The van der Waals surface area contributed by atoms with E-state index in [9.17, 15) is 0 Å². The van der Waals surface area contributed by atoms with Crippen molar-refractivity contribution in [2.45, 2.75) is 33.6 Å². The van der Waals surface area contributed by atoms with Crippen molar-refractivity contribution in [3.8, 4) is 0 Å². The van der Waals surface area contributed by atoms with Crippen LogP contribution in [-0.2, 0) is 0 Å². The monoisotopic (exact) mass is 112 g/mol. The first-order chi connectivity index (χ1) is 2.77. The molecule has 0 aliphatic rings. The van der Waals surface area contributed by atoms with E-state index in [1.807, 2.05) is 0 Å². The molecule has 0 nitrogen and oxygen atoms in total. The van der Waals surface area contributed by atoms with E-state index in [4.69, 9.17) is 0 Å². The fourth-order valence-corrected chi connectivity index (χ4v) is 0.577. The van der Waals surface area contributed by atoms with Crippen molar-refractivity contribution >= 4 is 23.1 Å². The van der Waals surface area contributed by atoms with Gasteiger partial charge in [-0.05, 0) is 5.92 Å². The standard InChI is InChI=1S/C6H14.Mg.2H/c1-4-5-6(2)3;;;/h6H,4-5H2,1-3H3;;;/q;+2;2*-1. The van der Waals surface area contributed by atoms with Crippen LogP contribution in [0.2, 0.25) is 0 Å². The molecule has 0 spiro atoms. The summed E-state index contributed by atoms with van der Waals surface area (Å²) in [4.78, 5) is 0. The third kappa shape index (κ3) is 10.8. The summed E-state index contributed by atoms with van der Waals surface area (Å²) in [5.41, 5.74) is 0. The van der Waals surface area contributed by atoms with Crippen LogP contribution in [0.25, 0.3) is 0 Å². The van der Waals surface area contributed by atoms with Crippen molar-refractivity contribution in [2.75, 3.05) is 0 Å². The molecule has 0 heterocycles. The van der Waals surface area contributed by atoms with Crippen molar-refractivity contribution in [1.82, 2.24) is 0 Å². The van der Waals surface area contributed by atoms with Gasteiger partial charge in [-0.25, -0.2) is 0 Å². The van der Waals surface area contributed by atoms with Gasteiger partial charge in [0.15, 0.2) is 0 Å². The second kappa shape index (κ2) is 6.77. The van der Waals surface area contributed by atoms with Crippen LogP contribution in [0.5, 0.6) is 0 Å². The molecule has 0 aliphatic carbocycles. The zero-order valence-electron chi connectivity index (χ0n) is 7.70. The van der Waals surface area contributed by atoms with E-state index in [0.717, 1.165) is 5.92 Å². The summed E-state index contributed by atoms with van der Waals surface area (Å²) in [5.74, 6) is 0.898. The minimum absolute atomic E-state index is 0. The molecule has 0 bridgehead atoms. The van der Waals surface area contributed by atoms with Crippen LogP contribution in [0, 0.1) is 5.92 Å². The zero-order valence-corrected chi connectivity index (χ0v) is 7.11. The Bertz CT molecular complexity index is 32.2. The van der Waals surface area contributed by atoms with Gasteiger partial charge >= 0.3 is 23.1 Å². The van der Waals surface area contributed by atoms with Crippen molar-refractivity contribution in [3.63, 3.8) is 0 Å². The Balaban J connectivity index is -0.0000000417. The summed E-state index contributed by atoms with van der Waals surface area (Å²) in [6.45, 7) is 6.73. The maximum Gasteiger partial charge on any atom is 2.00 e. The third-order valence-electron chi connectivity index (χ3n) is 0.866. The van der Waals surface area contributed by atoms with Crippen LogP contribution < -0.4 is 0 Å². The van der Waals surface area contributed by atoms with E-state index < -0.39 is 0 Å². The van der Waals surface area contributed by atoms with Crippen molar-refractivity contribution in [2.24, 2.45) is 5.92 Å². The Morgan fingerprint density at radius 3 is 1.86 bits per heavy atom. The van der Waals surface area contributed by atoms with Crippen molar-refractivity contribution in [3.05, 3.63) is 0 Å². The first-order valence-electron chi connectivity index (χ1n) is 2.77.